The van der Waals surface area contributed by atoms with Crippen LogP contribution in [0.15, 0.2) is 82.6 Å². The second-order valence-corrected chi connectivity index (χ2v) is 9.66. The van der Waals surface area contributed by atoms with Gasteiger partial charge in [-0.2, -0.15) is 0 Å². The van der Waals surface area contributed by atoms with Crippen molar-refractivity contribution in [2.75, 3.05) is 9.44 Å². The summed E-state index contributed by atoms with van der Waals surface area (Å²) in [4.78, 5) is 19.4. The summed E-state index contributed by atoms with van der Waals surface area (Å²) >= 11 is 0. The Morgan fingerprint density at radius 1 is 0.594 bits per heavy atom. The molecule has 14 heteroatoms. The highest BCUT2D eigenvalue weighted by Crippen LogP contribution is 2.23. The molecule has 0 aliphatic heterocycles. The molecule has 3 aromatic carbocycles. The fourth-order valence-corrected chi connectivity index (χ4v) is 4.82. The first-order valence-electron chi connectivity index (χ1n) is 8.62. The van der Waals surface area contributed by atoms with Crippen LogP contribution in [-0.4, -0.2) is 26.7 Å². The number of nitro benzene ring substituents is 2. The SMILES string of the molecule is O=[N+]([O-])c1ccc(NS(=O)(=O)c2cccc(S(=O)(=O)Nc3ccc([N+](=O)[O-])cc3)c2)cc1. The highest BCUT2D eigenvalue weighted by molar-refractivity contribution is 7.93. The van der Waals surface area contributed by atoms with Gasteiger partial charge >= 0.3 is 0 Å². The van der Waals surface area contributed by atoms with Crippen LogP contribution in [0, 0.1) is 20.2 Å². The third kappa shape index (κ3) is 5.16. The van der Waals surface area contributed by atoms with Crippen LogP contribution in [0.25, 0.3) is 0 Å². The van der Waals surface area contributed by atoms with Gasteiger partial charge in [-0.25, -0.2) is 16.8 Å². The monoisotopic (exact) mass is 478 g/mol. The molecule has 0 heterocycles. The van der Waals surface area contributed by atoms with Crippen LogP contribution < -0.4 is 9.44 Å². The summed E-state index contributed by atoms with van der Waals surface area (Å²) in [6.45, 7) is 0. The maximum Gasteiger partial charge on any atom is 0.269 e. The lowest BCUT2D eigenvalue weighted by Gasteiger charge is -2.11. The van der Waals surface area contributed by atoms with Crippen LogP contribution in [0.1, 0.15) is 0 Å². The minimum absolute atomic E-state index is 0.0489. The van der Waals surface area contributed by atoms with Gasteiger partial charge in [0.25, 0.3) is 31.4 Å². The molecular formula is C18H14N4O8S2. The van der Waals surface area contributed by atoms with E-state index in [1.807, 2.05) is 0 Å². The minimum atomic E-state index is -4.20. The van der Waals surface area contributed by atoms with Gasteiger partial charge in [0.2, 0.25) is 0 Å². The number of benzene rings is 3. The zero-order valence-corrected chi connectivity index (χ0v) is 17.5. The van der Waals surface area contributed by atoms with Gasteiger partial charge in [-0.3, -0.25) is 29.7 Å². The van der Waals surface area contributed by atoms with Gasteiger partial charge in [-0.15, -0.1) is 0 Å². The summed E-state index contributed by atoms with van der Waals surface area (Å²) in [6.07, 6.45) is 0. The van der Waals surface area contributed by atoms with Crippen molar-refractivity contribution < 1.29 is 26.7 Å². The minimum Gasteiger partial charge on any atom is -0.280 e. The van der Waals surface area contributed by atoms with Gasteiger partial charge < -0.3 is 0 Å². The van der Waals surface area contributed by atoms with Crippen molar-refractivity contribution in [3.05, 3.63) is 93.0 Å². The number of nitrogens with zero attached hydrogens (tertiary/aromatic N) is 2. The van der Waals surface area contributed by atoms with Crippen molar-refractivity contribution in [3.8, 4) is 0 Å². The molecular weight excluding hydrogens is 464 g/mol. The highest BCUT2D eigenvalue weighted by Gasteiger charge is 2.20. The number of nitrogens with one attached hydrogen (secondary N) is 2. The Bertz CT molecular complexity index is 1280. The summed E-state index contributed by atoms with van der Waals surface area (Å²) < 4.78 is 55.0. The van der Waals surface area contributed by atoms with E-state index in [1.54, 1.807) is 0 Å². The van der Waals surface area contributed by atoms with Gasteiger partial charge in [-0.05, 0) is 42.5 Å². The molecule has 0 saturated carbocycles. The molecule has 0 bridgehead atoms. The predicted octanol–water partition coefficient (Wildman–Crippen LogP) is 3.10. The van der Waals surface area contributed by atoms with E-state index >= 15 is 0 Å². The molecule has 166 valence electrons. The molecule has 3 rings (SSSR count). The van der Waals surface area contributed by atoms with Crippen LogP contribution in [-0.2, 0) is 20.0 Å². The first kappa shape index (κ1) is 22.6. The Labute approximate surface area is 181 Å². The third-order valence-corrected chi connectivity index (χ3v) is 6.84. The molecule has 0 aliphatic carbocycles. The molecule has 3 aromatic rings. The van der Waals surface area contributed by atoms with E-state index in [1.165, 1.54) is 42.5 Å². The topological polar surface area (TPSA) is 179 Å². The smallest absolute Gasteiger partial charge is 0.269 e. The largest absolute Gasteiger partial charge is 0.280 e. The third-order valence-electron chi connectivity index (χ3n) is 4.09. The summed E-state index contributed by atoms with van der Waals surface area (Å²) in [6, 6.07) is 13.8. The maximum absolute atomic E-state index is 12.6. The summed E-state index contributed by atoms with van der Waals surface area (Å²) in [5.41, 5.74) is -0.350. The van der Waals surface area contributed by atoms with E-state index in [4.69, 9.17) is 0 Å². The van der Waals surface area contributed by atoms with Crippen LogP contribution in [0.5, 0.6) is 0 Å². The van der Waals surface area contributed by atoms with Gasteiger partial charge in [0.05, 0.1) is 19.6 Å². The Kier molecular flexibility index (Phi) is 6.09. The molecule has 0 unspecified atom stereocenters. The fourth-order valence-electron chi connectivity index (χ4n) is 2.54. The highest BCUT2D eigenvalue weighted by atomic mass is 32.2. The first-order valence-corrected chi connectivity index (χ1v) is 11.6. The number of hydrogen-bond acceptors (Lipinski definition) is 8. The molecule has 0 atom stereocenters. The molecule has 0 amide bonds. The molecule has 0 spiro atoms. The Morgan fingerprint density at radius 2 is 0.938 bits per heavy atom. The molecule has 2 N–H and O–H groups in total. The summed E-state index contributed by atoms with van der Waals surface area (Å²) in [5.74, 6) is 0. The van der Waals surface area contributed by atoms with Crippen molar-refractivity contribution in [3.63, 3.8) is 0 Å². The second kappa shape index (κ2) is 8.60. The van der Waals surface area contributed by atoms with E-state index in [0.717, 1.165) is 30.3 Å². The number of nitro groups is 2. The van der Waals surface area contributed by atoms with Crippen molar-refractivity contribution in [2.45, 2.75) is 9.79 Å². The van der Waals surface area contributed by atoms with Crippen molar-refractivity contribution in [1.29, 1.82) is 0 Å². The number of non-ortho nitro benzene ring substituents is 2. The summed E-state index contributed by atoms with van der Waals surface area (Å²) in [5, 5.41) is 21.4. The van der Waals surface area contributed by atoms with E-state index in [2.05, 4.69) is 9.44 Å². The normalized spacial score (nSPS) is 11.5. The van der Waals surface area contributed by atoms with Gasteiger partial charge in [0, 0.05) is 35.6 Å². The standard InChI is InChI=1S/C18H14N4O8S2/c23-21(24)15-8-4-13(5-9-15)19-31(27,28)17-2-1-3-18(12-17)32(29,30)20-14-6-10-16(11-7-14)22(25)26/h1-12,19-20H. The molecule has 0 aromatic heterocycles. The van der Waals surface area contributed by atoms with Gasteiger partial charge in [-0.1, -0.05) is 6.07 Å². The number of rotatable bonds is 8. The quantitative estimate of drug-likeness (QED) is 0.366. The maximum atomic E-state index is 12.6. The molecule has 0 saturated heterocycles. The Hall–Kier alpha value is -4.04. The fraction of sp³-hybridized carbons (Fsp3) is 0. The number of sulfonamides is 2. The van der Waals surface area contributed by atoms with E-state index < -0.39 is 29.9 Å². The summed E-state index contributed by atoms with van der Waals surface area (Å²) in [7, 11) is -8.41. The average molecular weight is 478 g/mol. The zero-order valence-electron chi connectivity index (χ0n) is 15.9. The number of hydrogen-bond donors (Lipinski definition) is 2. The molecule has 0 radical (unpaired) electrons. The predicted molar refractivity (Wildman–Crippen MR) is 114 cm³/mol. The lowest BCUT2D eigenvalue weighted by Crippen LogP contribution is -2.16. The lowest BCUT2D eigenvalue weighted by molar-refractivity contribution is -0.385. The molecule has 12 nitrogen and oxygen atoms in total. The number of anilines is 2. The molecule has 0 aliphatic rings. The van der Waals surface area contributed by atoms with E-state index in [-0.39, 0.29) is 32.5 Å². The van der Waals surface area contributed by atoms with E-state index in [9.17, 15) is 37.1 Å². The van der Waals surface area contributed by atoms with Crippen LogP contribution in [0.4, 0.5) is 22.7 Å². The van der Waals surface area contributed by atoms with Crippen LogP contribution in [0.2, 0.25) is 0 Å². The average Bonchev–Trinajstić information content (AvgIpc) is 2.74. The van der Waals surface area contributed by atoms with Crippen LogP contribution >= 0.6 is 0 Å². The van der Waals surface area contributed by atoms with Gasteiger partial charge in [0.15, 0.2) is 0 Å². The zero-order chi connectivity index (χ0) is 23.5. The van der Waals surface area contributed by atoms with Crippen LogP contribution in [0.3, 0.4) is 0 Å². The molecule has 0 fully saturated rings. The van der Waals surface area contributed by atoms with Gasteiger partial charge in [0.1, 0.15) is 0 Å². The Morgan fingerprint density at radius 3 is 1.25 bits per heavy atom. The Balaban J connectivity index is 1.84. The first-order chi connectivity index (χ1) is 15.0. The van der Waals surface area contributed by atoms with Crippen molar-refractivity contribution >= 4 is 42.8 Å². The van der Waals surface area contributed by atoms with Crippen molar-refractivity contribution in [1.82, 2.24) is 0 Å². The lowest BCUT2D eigenvalue weighted by atomic mass is 10.3. The molecule has 32 heavy (non-hydrogen) atoms. The second-order valence-electron chi connectivity index (χ2n) is 6.29. The van der Waals surface area contributed by atoms with E-state index in [0.29, 0.717) is 0 Å². The van der Waals surface area contributed by atoms with Crippen molar-refractivity contribution in [2.24, 2.45) is 0 Å².